The second kappa shape index (κ2) is 5.08. The van der Waals surface area contributed by atoms with Gasteiger partial charge in [0.15, 0.2) is 0 Å². The van der Waals surface area contributed by atoms with Crippen molar-refractivity contribution in [2.24, 2.45) is 0 Å². The molecule has 22 heavy (non-hydrogen) atoms. The molecule has 0 radical (unpaired) electrons. The Hall–Kier alpha value is -2.45. The fraction of sp³-hybridized carbons (Fsp3) is 0.0625. The number of fused-ring (bicyclic) bond motifs is 1. The molecule has 0 aliphatic heterocycles. The molecule has 0 N–H and O–H groups in total. The molecule has 2 nitrogen and oxygen atoms in total. The Morgan fingerprint density at radius 1 is 1.05 bits per heavy atom. The summed E-state index contributed by atoms with van der Waals surface area (Å²) in [7, 11) is 0. The normalized spacial score (nSPS) is 11.6. The number of benzene rings is 2. The highest BCUT2D eigenvalue weighted by atomic mass is 35.5. The monoisotopic (exact) mass is 321 g/mol. The van der Waals surface area contributed by atoms with E-state index < -0.39 is 11.7 Å². The van der Waals surface area contributed by atoms with Gasteiger partial charge in [-0.1, -0.05) is 11.6 Å². The van der Waals surface area contributed by atoms with Gasteiger partial charge >= 0.3 is 6.18 Å². The van der Waals surface area contributed by atoms with Crippen molar-refractivity contribution in [3.63, 3.8) is 0 Å². The molecule has 110 valence electrons. The van der Waals surface area contributed by atoms with E-state index in [1.54, 1.807) is 0 Å². The minimum atomic E-state index is -4.60. The summed E-state index contributed by atoms with van der Waals surface area (Å²) in [5.41, 5.74) is -0.397. The van der Waals surface area contributed by atoms with E-state index in [4.69, 9.17) is 21.3 Å². The lowest BCUT2D eigenvalue weighted by Crippen LogP contribution is -2.05. The van der Waals surface area contributed by atoms with Crippen molar-refractivity contribution in [2.45, 2.75) is 6.18 Å². The number of alkyl halides is 3. The SMILES string of the molecule is N#Cc1ccc2oc(-c3ccc(Cl)cc3)c(C(F)(F)F)c2c1. The Balaban J connectivity index is 2.34. The molecule has 6 heteroatoms. The summed E-state index contributed by atoms with van der Waals surface area (Å²) < 4.78 is 45.7. The summed E-state index contributed by atoms with van der Waals surface area (Å²) in [5, 5.41) is 9.16. The second-order valence-electron chi connectivity index (χ2n) is 4.63. The minimum Gasteiger partial charge on any atom is -0.455 e. The summed E-state index contributed by atoms with van der Waals surface area (Å²) in [4.78, 5) is 0. The largest absolute Gasteiger partial charge is 0.455 e. The van der Waals surface area contributed by atoms with Gasteiger partial charge < -0.3 is 4.42 Å². The number of nitriles is 1. The lowest BCUT2D eigenvalue weighted by atomic mass is 10.0. The molecule has 3 rings (SSSR count). The molecule has 2 aromatic carbocycles. The van der Waals surface area contributed by atoms with E-state index in [0.717, 1.165) is 0 Å². The van der Waals surface area contributed by atoms with E-state index in [9.17, 15) is 13.2 Å². The first-order chi connectivity index (χ1) is 10.4. The van der Waals surface area contributed by atoms with Crippen LogP contribution in [0.4, 0.5) is 13.2 Å². The number of nitrogens with zero attached hydrogens (tertiary/aromatic N) is 1. The standard InChI is InChI=1S/C16H7ClF3NO/c17-11-4-2-10(3-5-11)15-14(16(18,19)20)12-7-9(8-21)1-6-13(12)22-15/h1-7H. The molecule has 0 fully saturated rings. The van der Waals surface area contributed by atoms with Crippen LogP contribution in [0.25, 0.3) is 22.3 Å². The first-order valence-electron chi connectivity index (χ1n) is 6.20. The number of hydrogen-bond acceptors (Lipinski definition) is 2. The lowest BCUT2D eigenvalue weighted by Gasteiger charge is -2.07. The molecule has 0 aliphatic rings. The minimum absolute atomic E-state index is 0.0799. The van der Waals surface area contributed by atoms with Gasteiger partial charge in [0.05, 0.1) is 11.6 Å². The molecule has 0 bridgehead atoms. The highest BCUT2D eigenvalue weighted by molar-refractivity contribution is 6.30. The van der Waals surface area contributed by atoms with Gasteiger partial charge in [0.25, 0.3) is 0 Å². The van der Waals surface area contributed by atoms with Crippen LogP contribution in [0, 0.1) is 11.3 Å². The molecule has 3 aromatic rings. The van der Waals surface area contributed by atoms with Crippen LogP contribution in [0.3, 0.4) is 0 Å². The van der Waals surface area contributed by atoms with E-state index in [1.807, 2.05) is 6.07 Å². The van der Waals surface area contributed by atoms with Crippen molar-refractivity contribution < 1.29 is 17.6 Å². The van der Waals surface area contributed by atoms with Gasteiger partial charge in [0, 0.05) is 16.0 Å². The molecular weight excluding hydrogens is 315 g/mol. The van der Waals surface area contributed by atoms with E-state index in [2.05, 4.69) is 0 Å². The van der Waals surface area contributed by atoms with Gasteiger partial charge in [0.2, 0.25) is 0 Å². The van der Waals surface area contributed by atoms with E-state index >= 15 is 0 Å². The maximum absolute atomic E-state index is 13.4. The first kappa shape index (κ1) is 14.5. The Morgan fingerprint density at radius 3 is 2.32 bits per heavy atom. The van der Waals surface area contributed by atoms with E-state index in [-0.39, 0.29) is 27.9 Å². The van der Waals surface area contributed by atoms with Gasteiger partial charge in [-0.15, -0.1) is 0 Å². The van der Waals surface area contributed by atoms with Crippen molar-refractivity contribution in [1.29, 1.82) is 5.26 Å². The van der Waals surface area contributed by atoms with Crippen LogP contribution in [0.2, 0.25) is 5.02 Å². The van der Waals surface area contributed by atoms with Gasteiger partial charge in [-0.2, -0.15) is 18.4 Å². The average molecular weight is 322 g/mol. The zero-order chi connectivity index (χ0) is 15.9. The average Bonchev–Trinajstić information content (AvgIpc) is 2.86. The molecule has 1 aromatic heterocycles. The molecular formula is C16H7ClF3NO. The fourth-order valence-corrected chi connectivity index (χ4v) is 2.38. The van der Waals surface area contributed by atoms with Crippen LogP contribution >= 0.6 is 11.6 Å². The van der Waals surface area contributed by atoms with Crippen molar-refractivity contribution in [1.82, 2.24) is 0 Å². The maximum atomic E-state index is 13.4. The molecule has 0 saturated heterocycles. The third kappa shape index (κ3) is 2.42. The smallest absolute Gasteiger partial charge is 0.420 e. The van der Waals surface area contributed by atoms with Crippen molar-refractivity contribution in [3.8, 4) is 17.4 Å². The lowest BCUT2D eigenvalue weighted by molar-refractivity contribution is -0.136. The number of furan rings is 1. The van der Waals surface area contributed by atoms with Gasteiger partial charge in [-0.25, -0.2) is 0 Å². The zero-order valence-corrected chi connectivity index (χ0v) is 11.7. The molecule has 0 aliphatic carbocycles. The molecule has 0 spiro atoms. The molecule has 0 unspecified atom stereocenters. The highest BCUT2D eigenvalue weighted by Crippen LogP contribution is 2.44. The topological polar surface area (TPSA) is 36.9 Å². The summed E-state index contributed by atoms with van der Waals surface area (Å²) in [6.07, 6.45) is -4.60. The predicted octanol–water partition coefficient (Wildman–Crippen LogP) is 5.64. The summed E-state index contributed by atoms with van der Waals surface area (Å²) in [6, 6.07) is 11.7. The predicted molar refractivity (Wildman–Crippen MR) is 76.4 cm³/mol. The Labute approximate surface area is 128 Å². The Bertz CT molecular complexity index is 889. The van der Waals surface area contributed by atoms with Crippen LogP contribution in [-0.4, -0.2) is 0 Å². The maximum Gasteiger partial charge on any atom is 0.420 e. The second-order valence-corrected chi connectivity index (χ2v) is 5.07. The molecule has 0 amide bonds. The van der Waals surface area contributed by atoms with Crippen LogP contribution in [0.15, 0.2) is 46.9 Å². The van der Waals surface area contributed by atoms with Gasteiger partial charge in [-0.3, -0.25) is 0 Å². The number of halogens is 4. The van der Waals surface area contributed by atoms with Crippen LogP contribution in [0.1, 0.15) is 11.1 Å². The summed E-state index contributed by atoms with van der Waals surface area (Å²) in [5.74, 6) is -0.283. The van der Waals surface area contributed by atoms with Crippen molar-refractivity contribution >= 4 is 22.6 Å². The fourth-order valence-electron chi connectivity index (χ4n) is 2.25. The number of rotatable bonds is 1. The third-order valence-corrected chi connectivity index (χ3v) is 3.46. The van der Waals surface area contributed by atoms with Crippen LogP contribution in [0.5, 0.6) is 0 Å². The summed E-state index contributed by atoms with van der Waals surface area (Å²) in [6.45, 7) is 0. The van der Waals surface area contributed by atoms with Crippen molar-refractivity contribution in [2.75, 3.05) is 0 Å². The quantitative estimate of drug-likeness (QED) is 0.581. The molecule has 0 saturated carbocycles. The Morgan fingerprint density at radius 2 is 1.73 bits per heavy atom. The van der Waals surface area contributed by atoms with E-state index in [0.29, 0.717) is 5.02 Å². The zero-order valence-electron chi connectivity index (χ0n) is 10.9. The molecule has 0 atom stereocenters. The third-order valence-electron chi connectivity index (χ3n) is 3.21. The molecule has 1 heterocycles. The van der Waals surface area contributed by atoms with Crippen LogP contribution < -0.4 is 0 Å². The first-order valence-corrected chi connectivity index (χ1v) is 6.58. The highest BCUT2D eigenvalue weighted by Gasteiger charge is 2.39. The van der Waals surface area contributed by atoms with Gasteiger partial charge in [-0.05, 0) is 42.5 Å². The van der Waals surface area contributed by atoms with E-state index in [1.165, 1.54) is 42.5 Å². The summed E-state index contributed by atoms with van der Waals surface area (Å²) >= 11 is 5.76. The van der Waals surface area contributed by atoms with Crippen molar-refractivity contribution in [3.05, 3.63) is 58.6 Å². The Kier molecular flexibility index (Phi) is 3.34. The number of hydrogen-bond donors (Lipinski definition) is 0. The van der Waals surface area contributed by atoms with Crippen LogP contribution in [-0.2, 0) is 6.18 Å². The van der Waals surface area contributed by atoms with Gasteiger partial charge in [0.1, 0.15) is 16.9 Å².